The number of hydrogen-bond acceptors (Lipinski definition) is 9. The standard InChI is InChI=1S/C24H26N2O8/c25-23(33)19-16(29)9-11-7-10-8-13-14(26-5-3-12(27)4-6-26)1-2-15(28)18(13)20(30)17(10)21(31)24(11,34)22(19)32/h1-2,10-12,27-28,30,32,34H,3-9H2,(H2,25,33). The van der Waals surface area contributed by atoms with Crippen molar-refractivity contribution in [2.45, 2.75) is 43.8 Å². The number of piperidine rings is 1. The molecule has 1 aromatic rings. The maximum absolute atomic E-state index is 13.5. The van der Waals surface area contributed by atoms with Crippen LogP contribution in [-0.4, -0.2) is 67.8 Å². The molecule has 3 unspecified atom stereocenters. The first-order valence-electron chi connectivity index (χ1n) is 11.3. The molecule has 10 heteroatoms. The van der Waals surface area contributed by atoms with Crippen LogP contribution in [0.2, 0.25) is 0 Å². The summed E-state index contributed by atoms with van der Waals surface area (Å²) in [6.07, 6.45) is 0.783. The van der Waals surface area contributed by atoms with Crippen molar-refractivity contribution in [2.24, 2.45) is 17.6 Å². The fraction of sp³-hybridized carbons (Fsp3) is 0.458. The zero-order valence-corrected chi connectivity index (χ0v) is 18.3. The van der Waals surface area contributed by atoms with Gasteiger partial charge in [0, 0.05) is 36.7 Å². The Morgan fingerprint density at radius 3 is 2.41 bits per heavy atom. The molecule has 5 rings (SSSR count). The predicted octanol–water partition coefficient (Wildman–Crippen LogP) is 0.385. The zero-order chi connectivity index (χ0) is 24.5. The number of rotatable bonds is 2. The van der Waals surface area contributed by atoms with E-state index in [9.17, 15) is 39.9 Å². The second-order valence-corrected chi connectivity index (χ2v) is 9.58. The highest BCUT2D eigenvalue weighted by molar-refractivity contribution is 6.22. The highest BCUT2D eigenvalue weighted by Crippen LogP contribution is 2.53. The van der Waals surface area contributed by atoms with Gasteiger partial charge in [-0.2, -0.15) is 0 Å². The molecule has 3 aliphatic carbocycles. The Balaban J connectivity index is 1.64. The number of ketones is 2. The van der Waals surface area contributed by atoms with Crippen molar-refractivity contribution in [3.8, 4) is 5.75 Å². The maximum atomic E-state index is 13.5. The molecule has 1 amide bonds. The van der Waals surface area contributed by atoms with E-state index in [4.69, 9.17) is 5.73 Å². The lowest BCUT2D eigenvalue weighted by atomic mass is 9.59. The smallest absolute Gasteiger partial charge is 0.255 e. The minimum absolute atomic E-state index is 0.0794. The summed E-state index contributed by atoms with van der Waals surface area (Å²) in [7, 11) is 0. The number of fused-ring (bicyclic) bond motifs is 3. The number of anilines is 1. The quantitative estimate of drug-likeness (QED) is 0.333. The summed E-state index contributed by atoms with van der Waals surface area (Å²) in [6, 6.07) is 3.16. The zero-order valence-electron chi connectivity index (χ0n) is 18.3. The minimum atomic E-state index is -2.56. The van der Waals surface area contributed by atoms with E-state index in [0.717, 1.165) is 5.69 Å². The largest absolute Gasteiger partial charge is 0.508 e. The first-order chi connectivity index (χ1) is 16.1. The summed E-state index contributed by atoms with van der Waals surface area (Å²) in [5.74, 6) is -6.38. The van der Waals surface area contributed by atoms with Crippen molar-refractivity contribution < 1.29 is 39.9 Å². The lowest BCUT2D eigenvalue weighted by Crippen LogP contribution is -2.58. The Morgan fingerprint density at radius 2 is 1.76 bits per heavy atom. The van der Waals surface area contributed by atoms with Crippen LogP contribution in [-0.2, 0) is 20.8 Å². The summed E-state index contributed by atoms with van der Waals surface area (Å²) in [5, 5.41) is 53.5. The number of carbonyl (C=O) groups excluding carboxylic acids is 3. The van der Waals surface area contributed by atoms with Gasteiger partial charge in [-0.1, -0.05) is 0 Å². The number of Topliss-reactive ketones (excluding diaryl/α,β-unsaturated/α-hetero) is 2. The molecule has 34 heavy (non-hydrogen) atoms. The molecule has 1 aromatic carbocycles. The molecular weight excluding hydrogens is 444 g/mol. The van der Waals surface area contributed by atoms with E-state index in [2.05, 4.69) is 4.90 Å². The van der Waals surface area contributed by atoms with Crippen molar-refractivity contribution in [1.82, 2.24) is 0 Å². The molecule has 7 N–H and O–H groups in total. The van der Waals surface area contributed by atoms with Crippen LogP contribution in [0.15, 0.2) is 29.0 Å². The lowest BCUT2D eigenvalue weighted by molar-refractivity contribution is -0.147. The van der Waals surface area contributed by atoms with Crippen molar-refractivity contribution in [1.29, 1.82) is 0 Å². The fourth-order valence-electron chi connectivity index (χ4n) is 6.01. The normalized spacial score (nSPS) is 29.6. The Bertz CT molecular complexity index is 1190. The number of benzene rings is 1. The Labute approximate surface area is 194 Å². The summed E-state index contributed by atoms with van der Waals surface area (Å²) in [4.78, 5) is 39.7. The monoisotopic (exact) mass is 470 g/mol. The molecule has 1 saturated carbocycles. The molecule has 4 aliphatic rings. The van der Waals surface area contributed by atoms with Crippen LogP contribution < -0.4 is 10.6 Å². The van der Waals surface area contributed by atoms with Crippen molar-refractivity contribution in [3.05, 3.63) is 40.2 Å². The fourth-order valence-corrected chi connectivity index (χ4v) is 6.01. The van der Waals surface area contributed by atoms with Crippen molar-refractivity contribution >= 4 is 28.9 Å². The van der Waals surface area contributed by atoms with E-state index < -0.39 is 52.0 Å². The summed E-state index contributed by atoms with van der Waals surface area (Å²) in [5.41, 5.74) is 3.17. The second kappa shape index (κ2) is 7.57. The van der Waals surface area contributed by atoms with Gasteiger partial charge in [0.2, 0.25) is 5.78 Å². The number of carbonyl (C=O) groups is 3. The third kappa shape index (κ3) is 2.98. The van der Waals surface area contributed by atoms with Gasteiger partial charge < -0.3 is 36.2 Å². The highest BCUT2D eigenvalue weighted by atomic mass is 16.3. The molecule has 0 aromatic heterocycles. The number of phenolic OH excluding ortho intramolecular Hbond substituents is 1. The molecule has 1 saturated heterocycles. The van der Waals surface area contributed by atoms with E-state index in [-0.39, 0.29) is 42.3 Å². The summed E-state index contributed by atoms with van der Waals surface area (Å²) in [6.45, 7) is 1.18. The highest BCUT2D eigenvalue weighted by Gasteiger charge is 2.60. The van der Waals surface area contributed by atoms with Gasteiger partial charge in [0.05, 0.1) is 11.7 Å². The molecule has 1 aliphatic heterocycles. The first-order valence-corrected chi connectivity index (χ1v) is 11.3. The van der Waals surface area contributed by atoms with Gasteiger partial charge in [0.25, 0.3) is 5.91 Å². The number of nitrogens with zero attached hydrogens (tertiary/aromatic N) is 1. The van der Waals surface area contributed by atoms with Crippen LogP contribution in [0.25, 0.3) is 5.76 Å². The third-order valence-electron chi connectivity index (χ3n) is 7.73. The molecule has 3 atom stereocenters. The number of hydrogen-bond donors (Lipinski definition) is 6. The third-order valence-corrected chi connectivity index (χ3v) is 7.73. The van der Waals surface area contributed by atoms with Crippen LogP contribution in [0.3, 0.4) is 0 Å². The van der Waals surface area contributed by atoms with Gasteiger partial charge in [0.15, 0.2) is 11.4 Å². The van der Waals surface area contributed by atoms with Gasteiger partial charge in [0.1, 0.15) is 22.8 Å². The molecular formula is C24H26N2O8. The van der Waals surface area contributed by atoms with Crippen molar-refractivity contribution in [2.75, 3.05) is 18.0 Å². The topological polar surface area (TPSA) is 182 Å². The SMILES string of the molecule is NC(=O)C1=C(O)C2(O)C(=O)C3=C(O)c4c(O)ccc(N5CCC(O)CC5)c4CC3CC2CC1=O. The molecule has 0 bridgehead atoms. The maximum Gasteiger partial charge on any atom is 0.255 e. The van der Waals surface area contributed by atoms with Crippen LogP contribution in [0.4, 0.5) is 5.69 Å². The average molecular weight is 470 g/mol. The van der Waals surface area contributed by atoms with Crippen LogP contribution in [0.5, 0.6) is 5.75 Å². The Kier molecular flexibility index (Phi) is 4.99. The van der Waals surface area contributed by atoms with E-state index in [1.165, 1.54) is 6.07 Å². The van der Waals surface area contributed by atoms with Gasteiger partial charge >= 0.3 is 0 Å². The lowest BCUT2D eigenvalue weighted by Gasteiger charge is -2.46. The number of aliphatic hydroxyl groups excluding tert-OH is 3. The van der Waals surface area contributed by atoms with E-state index in [0.29, 0.717) is 31.5 Å². The Hall–Kier alpha value is -3.37. The summed E-state index contributed by atoms with van der Waals surface area (Å²) >= 11 is 0. The molecule has 0 radical (unpaired) electrons. The van der Waals surface area contributed by atoms with Gasteiger partial charge in [-0.3, -0.25) is 14.4 Å². The van der Waals surface area contributed by atoms with Crippen LogP contribution >= 0.6 is 0 Å². The van der Waals surface area contributed by atoms with E-state index in [1.807, 2.05) is 0 Å². The molecule has 1 heterocycles. The second-order valence-electron chi connectivity index (χ2n) is 9.58. The van der Waals surface area contributed by atoms with Gasteiger partial charge in [-0.15, -0.1) is 0 Å². The van der Waals surface area contributed by atoms with Crippen molar-refractivity contribution in [3.63, 3.8) is 0 Å². The first kappa shape index (κ1) is 22.4. The van der Waals surface area contributed by atoms with E-state index in [1.54, 1.807) is 6.07 Å². The van der Waals surface area contributed by atoms with Crippen LogP contribution in [0, 0.1) is 11.8 Å². The van der Waals surface area contributed by atoms with Gasteiger partial charge in [-0.25, -0.2) is 0 Å². The molecule has 0 spiro atoms. The molecule has 10 nitrogen and oxygen atoms in total. The van der Waals surface area contributed by atoms with Crippen LogP contribution in [0.1, 0.15) is 36.8 Å². The summed E-state index contributed by atoms with van der Waals surface area (Å²) < 4.78 is 0. The predicted molar refractivity (Wildman–Crippen MR) is 119 cm³/mol. The molecule has 2 fully saturated rings. The van der Waals surface area contributed by atoms with E-state index >= 15 is 0 Å². The number of aliphatic hydroxyl groups is 4. The number of primary amides is 1. The van der Waals surface area contributed by atoms with Gasteiger partial charge in [-0.05, 0) is 49.3 Å². The Morgan fingerprint density at radius 1 is 1.09 bits per heavy atom. The number of phenols is 1. The number of aromatic hydroxyl groups is 1. The number of nitrogens with two attached hydrogens (primary N) is 1. The number of amides is 1. The molecule has 180 valence electrons. The average Bonchev–Trinajstić information content (AvgIpc) is 2.77. The minimum Gasteiger partial charge on any atom is -0.508 e.